The number of nitrogens with one attached hydrogen (secondary N) is 1. The van der Waals surface area contributed by atoms with E-state index in [4.69, 9.17) is 26.4 Å². The molecule has 38 heavy (non-hydrogen) atoms. The van der Waals surface area contributed by atoms with Crippen molar-refractivity contribution in [2.75, 3.05) is 36.1 Å². The minimum Gasteiger partial charge on any atom is -0.467 e. The highest BCUT2D eigenvalue weighted by molar-refractivity contribution is 7.92. The first kappa shape index (κ1) is 26.2. The normalized spacial score (nSPS) is 19.8. The molecule has 0 radical (unpaired) electrons. The maximum absolute atomic E-state index is 13.8. The number of aryl methyl sites for hydroxylation is 1. The third-order valence-corrected chi connectivity index (χ3v) is 7.83. The molecular formula is C25H29ClN6O5S. The Balaban J connectivity index is 1.48. The summed E-state index contributed by atoms with van der Waals surface area (Å²) in [4.78, 5) is 34.3. The second-order valence-electron chi connectivity index (χ2n) is 9.71. The van der Waals surface area contributed by atoms with E-state index < -0.39 is 10.0 Å². The molecule has 0 spiro atoms. The van der Waals surface area contributed by atoms with Crippen molar-refractivity contribution in [2.24, 2.45) is 0 Å². The number of methoxy groups -OCH3 is 1. The molecule has 13 heteroatoms. The summed E-state index contributed by atoms with van der Waals surface area (Å²) in [6, 6.07) is 5.70. The molecule has 0 aliphatic carbocycles. The highest BCUT2D eigenvalue weighted by Crippen LogP contribution is 2.35. The SMILES string of the molecule is COC(=O)C1CCN1c1nc2cc(C3CCCCN3C(=O)c3cc(Cl)ccc3NS(C)(=O)=O)nn2cc1C. The molecule has 1 N–H and O–H groups in total. The number of anilines is 2. The van der Waals surface area contributed by atoms with Gasteiger partial charge in [-0.2, -0.15) is 5.10 Å². The Morgan fingerprint density at radius 3 is 2.63 bits per heavy atom. The maximum atomic E-state index is 13.8. The van der Waals surface area contributed by atoms with Crippen LogP contribution in [0.4, 0.5) is 11.5 Å². The van der Waals surface area contributed by atoms with Gasteiger partial charge < -0.3 is 14.5 Å². The van der Waals surface area contributed by atoms with Crippen LogP contribution in [0.5, 0.6) is 0 Å². The van der Waals surface area contributed by atoms with Crippen molar-refractivity contribution in [2.45, 2.75) is 44.7 Å². The number of nitrogens with zero attached hydrogens (tertiary/aromatic N) is 5. The lowest BCUT2D eigenvalue weighted by Crippen LogP contribution is -2.53. The number of benzene rings is 1. The summed E-state index contributed by atoms with van der Waals surface area (Å²) in [5.41, 5.74) is 2.53. The van der Waals surface area contributed by atoms with Crippen LogP contribution in [0.25, 0.3) is 5.65 Å². The lowest BCUT2D eigenvalue weighted by Gasteiger charge is -2.40. The van der Waals surface area contributed by atoms with Crippen LogP contribution < -0.4 is 9.62 Å². The molecule has 5 rings (SSSR count). The molecule has 2 aliphatic rings. The molecule has 4 heterocycles. The number of sulfonamides is 1. The Labute approximate surface area is 225 Å². The number of carbonyl (C=O) groups is 2. The standard InChI is InChI=1S/C25H29ClN6O5S/c1-15-14-32-22(27-23(15)30-11-9-21(30)25(34)37-2)13-19(28-32)20-6-4-5-10-31(20)24(33)17-12-16(26)7-8-18(17)29-38(3,35)36/h7-8,12-14,20-21,29H,4-6,9-11H2,1-3H3. The summed E-state index contributed by atoms with van der Waals surface area (Å²) in [7, 11) is -2.22. The van der Waals surface area contributed by atoms with Crippen LogP contribution in [0, 0.1) is 6.92 Å². The Kier molecular flexibility index (Phi) is 6.95. The number of ether oxygens (including phenoxy) is 1. The van der Waals surface area contributed by atoms with E-state index >= 15 is 0 Å². The van der Waals surface area contributed by atoms with Gasteiger partial charge >= 0.3 is 5.97 Å². The number of hydrogen-bond donors (Lipinski definition) is 1. The molecule has 2 aromatic heterocycles. The molecule has 202 valence electrons. The summed E-state index contributed by atoms with van der Waals surface area (Å²) >= 11 is 6.18. The van der Waals surface area contributed by atoms with Gasteiger partial charge in [-0.15, -0.1) is 0 Å². The van der Waals surface area contributed by atoms with Gasteiger partial charge in [-0.1, -0.05) is 11.6 Å². The van der Waals surface area contributed by atoms with Crippen LogP contribution >= 0.6 is 11.6 Å². The van der Waals surface area contributed by atoms with Gasteiger partial charge in [-0.3, -0.25) is 9.52 Å². The fourth-order valence-corrected chi connectivity index (χ4v) is 5.86. The van der Waals surface area contributed by atoms with E-state index in [-0.39, 0.29) is 35.2 Å². The minimum atomic E-state index is -3.60. The quantitative estimate of drug-likeness (QED) is 0.456. The molecule has 2 unspecified atom stereocenters. The zero-order chi connectivity index (χ0) is 27.2. The fraction of sp³-hybridized carbons (Fsp3) is 0.440. The third-order valence-electron chi connectivity index (χ3n) is 7.00. The average Bonchev–Trinajstić information content (AvgIpc) is 3.26. The number of hydrogen-bond acceptors (Lipinski definition) is 8. The molecule has 2 saturated heterocycles. The minimum absolute atomic E-state index is 0.179. The number of aromatic nitrogens is 3. The molecule has 1 aromatic carbocycles. The molecule has 0 bridgehead atoms. The predicted molar refractivity (Wildman–Crippen MR) is 143 cm³/mol. The van der Waals surface area contributed by atoms with Crippen LogP contribution in [0.2, 0.25) is 5.02 Å². The number of amides is 1. The van der Waals surface area contributed by atoms with E-state index in [1.54, 1.807) is 9.42 Å². The number of esters is 1. The fourth-order valence-electron chi connectivity index (χ4n) is 5.11. The van der Waals surface area contributed by atoms with Gasteiger partial charge in [0.25, 0.3) is 5.91 Å². The first-order chi connectivity index (χ1) is 18.1. The van der Waals surface area contributed by atoms with Crippen molar-refractivity contribution in [1.82, 2.24) is 19.5 Å². The van der Waals surface area contributed by atoms with Gasteiger partial charge in [0, 0.05) is 35.9 Å². The number of piperidine rings is 1. The highest BCUT2D eigenvalue weighted by Gasteiger charge is 2.37. The van der Waals surface area contributed by atoms with Crippen molar-refractivity contribution < 1.29 is 22.7 Å². The van der Waals surface area contributed by atoms with Crippen molar-refractivity contribution in [3.63, 3.8) is 0 Å². The second-order valence-corrected chi connectivity index (χ2v) is 11.9. The molecular weight excluding hydrogens is 532 g/mol. The van der Waals surface area contributed by atoms with E-state index in [1.165, 1.54) is 25.3 Å². The van der Waals surface area contributed by atoms with Crippen molar-refractivity contribution >= 4 is 50.7 Å². The molecule has 2 atom stereocenters. The Morgan fingerprint density at radius 1 is 1.16 bits per heavy atom. The topological polar surface area (TPSA) is 126 Å². The van der Waals surface area contributed by atoms with Crippen LogP contribution in [-0.4, -0.2) is 72.3 Å². The molecule has 1 amide bonds. The van der Waals surface area contributed by atoms with Crippen molar-refractivity contribution in [3.05, 3.63) is 52.3 Å². The van der Waals surface area contributed by atoms with E-state index in [2.05, 4.69) is 4.72 Å². The highest BCUT2D eigenvalue weighted by atomic mass is 35.5. The second kappa shape index (κ2) is 10.1. The summed E-state index contributed by atoms with van der Waals surface area (Å²) < 4.78 is 32.8. The van der Waals surface area contributed by atoms with Crippen LogP contribution in [0.1, 0.15) is 53.3 Å². The van der Waals surface area contributed by atoms with Gasteiger partial charge in [0.15, 0.2) is 5.65 Å². The zero-order valence-electron chi connectivity index (χ0n) is 21.3. The van der Waals surface area contributed by atoms with E-state index in [9.17, 15) is 18.0 Å². The van der Waals surface area contributed by atoms with Crippen LogP contribution in [-0.2, 0) is 19.6 Å². The lowest BCUT2D eigenvalue weighted by molar-refractivity contribution is -0.143. The molecule has 2 aliphatic heterocycles. The number of likely N-dealkylation sites (tertiary alicyclic amines) is 1. The summed E-state index contributed by atoms with van der Waals surface area (Å²) in [5.74, 6) is 0.0953. The van der Waals surface area contributed by atoms with Gasteiger partial charge in [0.05, 0.1) is 36.4 Å². The van der Waals surface area contributed by atoms with E-state index in [0.29, 0.717) is 48.1 Å². The summed E-state index contributed by atoms with van der Waals surface area (Å²) in [6.45, 7) is 3.12. The molecule has 0 saturated carbocycles. The summed E-state index contributed by atoms with van der Waals surface area (Å²) in [6.07, 6.45) is 6.05. The van der Waals surface area contributed by atoms with Gasteiger partial charge in [-0.25, -0.2) is 22.7 Å². The third kappa shape index (κ3) is 5.02. The number of carbonyl (C=O) groups excluding carboxylic acids is 2. The average molecular weight is 561 g/mol. The molecule has 11 nitrogen and oxygen atoms in total. The Morgan fingerprint density at radius 2 is 1.95 bits per heavy atom. The number of fused-ring (bicyclic) bond motifs is 1. The van der Waals surface area contributed by atoms with Crippen molar-refractivity contribution in [1.29, 1.82) is 0 Å². The van der Waals surface area contributed by atoms with Gasteiger partial charge in [0.1, 0.15) is 11.9 Å². The number of rotatable bonds is 6. The first-order valence-corrected chi connectivity index (χ1v) is 14.6. The summed E-state index contributed by atoms with van der Waals surface area (Å²) in [5, 5.41) is 5.08. The van der Waals surface area contributed by atoms with Crippen molar-refractivity contribution in [3.8, 4) is 0 Å². The van der Waals surface area contributed by atoms with Crippen LogP contribution in [0.3, 0.4) is 0 Å². The molecule has 3 aromatic rings. The Bertz CT molecular complexity index is 1520. The van der Waals surface area contributed by atoms with Gasteiger partial charge in [-0.05, 0) is 50.8 Å². The van der Waals surface area contributed by atoms with E-state index in [1.807, 2.05) is 24.1 Å². The monoisotopic (exact) mass is 560 g/mol. The maximum Gasteiger partial charge on any atom is 0.328 e. The van der Waals surface area contributed by atoms with Gasteiger partial charge in [0.2, 0.25) is 10.0 Å². The smallest absolute Gasteiger partial charge is 0.328 e. The molecule has 2 fully saturated rings. The largest absolute Gasteiger partial charge is 0.467 e. The first-order valence-electron chi connectivity index (χ1n) is 12.4. The number of halogens is 1. The lowest BCUT2D eigenvalue weighted by atomic mass is 9.98. The zero-order valence-corrected chi connectivity index (χ0v) is 22.9. The van der Waals surface area contributed by atoms with Crippen LogP contribution in [0.15, 0.2) is 30.5 Å². The Hall–Kier alpha value is -3.38. The van der Waals surface area contributed by atoms with E-state index in [0.717, 1.165) is 24.7 Å². The predicted octanol–water partition coefficient (Wildman–Crippen LogP) is 3.18.